The van der Waals surface area contributed by atoms with Gasteiger partial charge in [-0.15, -0.1) is 0 Å². The molecule has 2 N–H and O–H groups in total. The number of nitrogens with zero attached hydrogens (tertiary/aromatic N) is 7. The molecule has 4 rings (SSSR count). The standard InChI is InChI=1S/C30H46N8O5/c1-19(2)22-16-32-38-25(37(28(41)43-30(6,7)8)17-21-11-12-35(9)34-21)14-24(33-26(22)38)31-15-20-10-13-36(18-23(20)39)27(40)42-29(3,4)5/h11-12,14,16,19-20,23,39H,10,13,15,17-18H2,1-9H3,(H,31,33)/t20-,23+/m1/s1. The molecule has 0 aliphatic carbocycles. The highest BCUT2D eigenvalue weighted by Gasteiger charge is 2.33. The maximum atomic E-state index is 13.6. The summed E-state index contributed by atoms with van der Waals surface area (Å²) in [5, 5.41) is 23.4. The first-order valence-electron chi connectivity index (χ1n) is 14.8. The number of carbonyl (C=O) groups excluding carboxylic acids is 2. The van der Waals surface area contributed by atoms with E-state index in [-0.39, 0.29) is 24.9 Å². The van der Waals surface area contributed by atoms with Gasteiger partial charge in [0.15, 0.2) is 5.65 Å². The zero-order valence-corrected chi connectivity index (χ0v) is 26.8. The van der Waals surface area contributed by atoms with E-state index in [4.69, 9.17) is 14.5 Å². The van der Waals surface area contributed by atoms with E-state index < -0.39 is 29.5 Å². The zero-order chi connectivity index (χ0) is 31.7. The minimum absolute atomic E-state index is 0.120. The van der Waals surface area contributed by atoms with Crippen molar-refractivity contribution >= 4 is 29.5 Å². The number of aromatic nitrogens is 5. The van der Waals surface area contributed by atoms with Gasteiger partial charge in [0.25, 0.3) is 0 Å². The highest BCUT2D eigenvalue weighted by atomic mass is 16.6. The third-order valence-corrected chi connectivity index (χ3v) is 7.00. The summed E-state index contributed by atoms with van der Waals surface area (Å²) >= 11 is 0. The Morgan fingerprint density at radius 3 is 2.44 bits per heavy atom. The number of aryl methyl sites for hydroxylation is 1. The van der Waals surface area contributed by atoms with E-state index in [9.17, 15) is 14.7 Å². The van der Waals surface area contributed by atoms with Gasteiger partial charge in [-0.05, 0) is 59.9 Å². The second-order valence-corrected chi connectivity index (χ2v) is 13.5. The molecular weight excluding hydrogens is 552 g/mol. The van der Waals surface area contributed by atoms with Crippen molar-refractivity contribution in [2.24, 2.45) is 13.0 Å². The first-order valence-corrected chi connectivity index (χ1v) is 14.8. The van der Waals surface area contributed by atoms with Crippen LogP contribution in [0.1, 0.15) is 79.0 Å². The van der Waals surface area contributed by atoms with Gasteiger partial charge in [-0.3, -0.25) is 9.58 Å². The number of piperidine rings is 1. The van der Waals surface area contributed by atoms with Crippen molar-refractivity contribution in [3.63, 3.8) is 0 Å². The second-order valence-electron chi connectivity index (χ2n) is 13.5. The topological polar surface area (TPSA) is 139 Å². The molecule has 4 heterocycles. The number of fused-ring (bicyclic) bond motifs is 1. The number of amides is 2. The number of carbonyl (C=O) groups is 2. The summed E-state index contributed by atoms with van der Waals surface area (Å²) in [7, 11) is 1.82. The van der Waals surface area contributed by atoms with Gasteiger partial charge in [-0.25, -0.2) is 14.6 Å². The molecule has 1 fully saturated rings. The number of ether oxygens (including phenoxy) is 2. The number of hydrogen-bond acceptors (Lipinski definition) is 9. The normalized spacial score (nSPS) is 17.8. The van der Waals surface area contributed by atoms with Gasteiger partial charge in [0.2, 0.25) is 0 Å². The van der Waals surface area contributed by atoms with Gasteiger partial charge in [0.1, 0.15) is 22.8 Å². The van der Waals surface area contributed by atoms with Crippen LogP contribution in [0.5, 0.6) is 0 Å². The molecule has 2 amide bonds. The fraction of sp³-hybridized carbons (Fsp3) is 0.633. The average Bonchev–Trinajstić information content (AvgIpc) is 3.50. The largest absolute Gasteiger partial charge is 0.444 e. The third kappa shape index (κ3) is 8.15. The summed E-state index contributed by atoms with van der Waals surface area (Å²) in [6.45, 7) is 16.3. The number of anilines is 2. The third-order valence-electron chi connectivity index (χ3n) is 7.00. The van der Waals surface area contributed by atoms with Crippen molar-refractivity contribution in [2.45, 2.75) is 91.6 Å². The number of nitrogens with one attached hydrogen (secondary N) is 1. The molecule has 0 bridgehead atoms. The highest BCUT2D eigenvalue weighted by molar-refractivity contribution is 5.88. The van der Waals surface area contributed by atoms with Crippen molar-refractivity contribution < 1.29 is 24.2 Å². The summed E-state index contributed by atoms with van der Waals surface area (Å²) in [6.07, 6.45) is 2.48. The van der Waals surface area contributed by atoms with E-state index >= 15 is 0 Å². The van der Waals surface area contributed by atoms with Crippen LogP contribution in [0.2, 0.25) is 0 Å². The average molecular weight is 599 g/mol. The van der Waals surface area contributed by atoms with Gasteiger partial charge >= 0.3 is 12.2 Å². The number of aliphatic hydroxyl groups excluding tert-OH is 1. The minimum atomic E-state index is -0.736. The van der Waals surface area contributed by atoms with E-state index in [1.54, 1.807) is 26.4 Å². The monoisotopic (exact) mass is 598 g/mol. The Morgan fingerprint density at radius 1 is 1.16 bits per heavy atom. The Bertz CT molecular complexity index is 1430. The first-order chi connectivity index (χ1) is 20.0. The zero-order valence-electron chi connectivity index (χ0n) is 26.8. The quantitative estimate of drug-likeness (QED) is 0.401. The lowest BCUT2D eigenvalue weighted by atomic mass is 9.94. The highest BCUT2D eigenvalue weighted by Crippen LogP contribution is 2.29. The summed E-state index contributed by atoms with van der Waals surface area (Å²) in [6, 6.07) is 3.61. The molecule has 236 valence electrons. The Morgan fingerprint density at radius 2 is 1.86 bits per heavy atom. The van der Waals surface area contributed by atoms with Crippen LogP contribution in [-0.2, 0) is 23.1 Å². The Labute approximate surface area is 253 Å². The molecular formula is C30H46N8O5. The van der Waals surface area contributed by atoms with E-state index in [0.717, 1.165) is 5.56 Å². The molecule has 2 atom stereocenters. The van der Waals surface area contributed by atoms with Crippen molar-refractivity contribution in [1.82, 2.24) is 29.3 Å². The minimum Gasteiger partial charge on any atom is -0.444 e. The molecule has 43 heavy (non-hydrogen) atoms. The maximum absolute atomic E-state index is 13.6. The summed E-state index contributed by atoms with van der Waals surface area (Å²) in [5.74, 6) is 1.02. The van der Waals surface area contributed by atoms with Gasteiger partial charge in [0.05, 0.1) is 31.1 Å². The Balaban J connectivity index is 1.62. The lowest BCUT2D eigenvalue weighted by molar-refractivity contribution is -0.0104. The molecule has 3 aromatic heterocycles. The smallest absolute Gasteiger partial charge is 0.416 e. The van der Waals surface area contributed by atoms with Crippen LogP contribution >= 0.6 is 0 Å². The predicted octanol–water partition coefficient (Wildman–Crippen LogP) is 4.56. The first kappa shape index (κ1) is 32.1. The van der Waals surface area contributed by atoms with E-state index in [1.165, 1.54) is 4.90 Å². The summed E-state index contributed by atoms with van der Waals surface area (Å²) in [5.41, 5.74) is 0.908. The van der Waals surface area contributed by atoms with E-state index in [1.807, 2.05) is 60.9 Å². The number of likely N-dealkylation sites (tertiary alicyclic amines) is 1. The Hall–Kier alpha value is -3.87. The summed E-state index contributed by atoms with van der Waals surface area (Å²) < 4.78 is 14.6. The second kappa shape index (κ2) is 12.4. The fourth-order valence-electron chi connectivity index (χ4n) is 4.87. The molecule has 0 saturated carbocycles. The molecule has 3 aromatic rings. The van der Waals surface area contributed by atoms with Gasteiger partial charge in [-0.1, -0.05) is 13.8 Å². The number of aliphatic hydroxyl groups is 1. The molecule has 0 aromatic carbocycles. The maximum Gasteiger partial charge on any atom is 0.416 e. The van der Waals surface area contributed by atoms with Crippen molar-refractivity contribution in [1.29, 1.82) is 0 Å². The van der Waals surface area contributed by atoms with Crippen LogP contribution < -0.4 is 10.2 Å². The van der Waals surface area contributed by atoms with Crippen LogP contribution in [0.15, 0.2) is 24.5 Å². The van der Waals surface area contributed by atoms with Gasteiger partial charge < -0.3 is 24.8 Å². The molecule has 1 aliphatic rings. The molecule has 13 heteroatoms. The Kier molecular flexibility index (Phi) is 9.24. The van der Waals surface area contributed by atoms with Crippen LogP contribution in [-0.4, -0.2) is 83.5 Å². The van der Waals surface area contributed by atoms with Gasteiger partial charge in [-0.2, -0.15) is 14.7 Å². The number of hydrogen-bond donors (Lipinski definition) is 2. The molecule has 13 nitrogen and oxygen atoms in total. The molecule has 1 aliphatic heterocycles. The SMILES string of the molecule is CC(C)c1cnn2c(N(Cc3ccn(C)n3)C(=O)OC(C)(C)C)cc(NC[C@H]3CCN(C(=O)OC(C)(C)C)C[C@@H]3O)nc12. The van der Waals surface area contributed by atoms with Crippen LogP contribution in [0.4, 0.5) is 21.2 Å². The molecule has 1 saturated heterocycles. The lowest BCUT2D eigenvalue weighted by Gasteiger charge is -2.36. The summed E-state index contributed by atoms with van der Waals surface area (Å²) in [4.78, 5) is 34.0. The van der Waals surface area contributed by atoms with Crippen LogP contribution in [0.3, 0.4) is 0 Å². The van der Waals surface area contributed by atoms with Crippen LogP contribution in [0, 0.1) is 5.92 Å². The number of β-amino-alcohol motifs (C(OH)–C–C–N with tert-alkyl or cyclic N) is 1. The predicted molar refractivity (Wildman–Crippen MR) is 163 cm³/mol. The van der Waals surface area contributed by atoms with Crippen molar-refractivity contribution in [2.75, 3.05) is 29.9 Å². The van der Waals surface area contributed by atoms with Crippen molar-refractivity contribution in [3.05, 3.63) is 35.8 Å². The molecule has 0 unspecified atom stereocenters. The van der Waals surface area contributed by atoms with Gasteiger partial charge in [0, 0.05) is 43.9 Å². The lowest BCUT2D eigenvalue weighted by Crippen LogP contribution is -2.49. The fourth-order valence-corrected chi connectivity index (χ4v) is 4.87. The van der Waals surface area contributed by atoms with E-state index in [0.29, 0.717) is 42.5 Å². The molecule has 0 radical (unpaired) electrons. The number of rotatable bonds is 7. The van der Waals surface area contributed by atoms with E-state index in [2.05, 4.69) is 29.4 Å². The van der Waals surface area contributed by atoms with Crippen molar-refractivity contribution in [3.8, 4) is 0 Å². The molecule has 0 spiro atoms. The van der Waals surface area contributed by atoms with Crippen LogP contribution in [0.25, 0.3) is 5.65 Å².